The molecule has 0 spiro atoms. The lowest BCUT2D eigenvalue weighted by Gasteiger charge is -2.40. The standard InChI is InChI=1S/C16H29NO2/c1-11(2)15(16(18)19-3)17-14-9-8-12-6-4-5-7-13(12)10-14/h11-15,17H,4-10H2,1-3H3. The third kappa shape index (κ3) is 3.71. The van der Waals surface area contributed by atoms with Gasteiger partial charge in [0.2, 0.25) is 0 Å². The molecule has 2 aliphatic rings. The summed E-state index contributed by atoms with van der Waals surface area (Å²) >= 11 is 0. The van der Waals surface area contributed by atoms with Crippen LogP contribution in [0.3, 0.4) is 0 Å². The zero-order chi connectivity index (χ0) is 13.8. The summed E-state index contributed by atoms with van der Waals surface area (Å²) in [6.07, 6.45) is 9.48. The van der Waals surface area contributed by atoms with E-state index in [9.17, 15) is 4.79 Å². The SMILES string of the molecule is COC(=O)C(NC1CCC2CCCCC2C1)C(C)C. The van der Waals surface area contributed by atoms with Gasteiger partial charge in [0.1, 0.15) is 6.04 Å². The van der Waals surface area contributed by atoms with Crippen LogP contribution in [0.4, 0.5) is 0 Å². The van der Waals surface area contributed by atoms with Crippen molar-refractivity contribution in [1.29, 1.82) is 0 Å². The highest BCUT2D eigenvalue weighted by molar-refractivity contribution is 5.75. The highest BCUT2D eigenvalue weighted by Crippen LogP contribution is 2.40. The molecule has 0 aromatic carbocycles. The van der Waals surface area contributed by atoms with Crippen LogP contribution in [-0.4, -0.2) is 25.2 Å². The highest BCUT2D eigenvalue weighted by Gasteiger charge is 2.34. The van der Waals surface area contributed by atoms with Gasteiger partial charge in [-0.25, -0.2) is 0 Å². The molecule has 0 aromatic rings. The minimum atomic E-state index is -0.143. The summed E-state index contributed by atoms with van der Waals surface area (Å²) in [6, 6.07) is 0.362. The molecule has 3 heteroatoms. The van der Waals surface area contributed by atoms with Gasteiger partial charge in [-0.2, -0.15) is 0 Å². The van der Waals surface area contributed by atoms with Crippen LogP contribution in [0.15, 0.2) is 0 Å². The van der Waals surface area contributed by atoms with E-state index in [0.29, 0.717) is 6.04 Å². The maximum atomic E-state index is 11.8. The average Bonchev–Trinajstić information content (AvgIpc) is 2.43. The minimum Gasteiger partial charge on any atom is -0.468 e. The van der Waals surface area contributed by atoms with Crippen molar-refractivity contribution in [2.75, 3.05) is 7.11 Å². The fraction of sp³-hybridized carbons (Fsp3) is 0.938. The van der Waals surface area contributed by atoms with Crippen LogP contribution >= 0.6 is 0 Å². The summed E-state index contributed by atoms with van der Waals surface area (Å²) in [6.45, 7) is 4.17. The molecule has 0 bridgehead atoms. The van der Waals surface area contributed by atoms with E-state index in [2.05, 4.69) is 19.2 Å². The van der Waals surface area contributed by atoms with Crippen LogP contribution in [-0.2, 0) is 9.53 Å². The van der Waals surface area contributed by atoms with Crippen LogP contribution in [0, 0.1) is 17.8 Å². The molecule has 0 aliphatic heterocycles. The van der Waals surface area contributed by atoms with Gasteiger partial charge in [-0.05, 0) is 37.0 Å². The summed E-state index contributed by atoms with van der Waals surface area (Å²) in [5, 5.41) is 3.56. The van der Waals surface area contributed by atoms with Crippen LogP contribution in [0.25, 0.3) is 0 Å². The van der Waals surface area contributed by atoms with Gasteiger partial charge in [0.05, 0.1) is 7.11 Å². The van der Waals surface area contributed by atoms with Crippen molar-refractivity contribution in [1.82, 2.24) is 5.32 Å². The first-order valence-corrected chi connectivity index (χ1v) is 7.95. The second-order valence-electron chi connectivity index (χ2n) is 6.73. The molecule has 2 rings (SSSR count). The van der Waals surface area contributed by atoms with Gasteiger partial charge in [-0.15, -0.1) is 0 Å². The van der Waals surface area contributed by atoms with Crippen LogP contribution < -0.4 is 5.32 Å². The lowest BCUT2D eigenvalue weighted by molar-refractivity contribution is -0.144. The van der Waals surface area contributed by atoms with Crippen LogP contribution in [0.1, 0.15) is 58.8 Å². The van der Waals surface area contributed by atoms with E-state index < -0.39 is 0 Å². The number of fused-ring (bicyclic) bond motifs is 1. The van der Waals surface area contributed by atoms with Crippen molar-refractivity contribution in [3.63, 3.8) is 0 Å². The quantitative estimate of drug-likeness (QED) is 0.795. The lowest BCUT2D eigenvalue weighted by atomic mass is 9.69. The van der Waals surface area contributed by atoms with E-state index in [0.717, 1.165) is 11.8 Å². The Morgan fingerprint density at radius 3 is 2.42 bits per heavy atom. The molecular weight excluding hydrogens is 238 g/mol. The zero-order valence-electron chi connectivity index (χ0n) is 12.7. The largest absolute Gasteiger partial charge is 0.468 e. The van der Waals surface area contributed by atoms with Gasteiger partial charge >= 0.3 is 5.97 Å². The first-order valence-electron chi connectivity index (χ1n) is 7.95. The summed E-state index contributed by atoms with van der Waals surface area (Å²) in [7, 11) is 1.48. The van der Waals surface area contributed by atoms with E-state index in [4.69, 9.17) is 4.74 Å². The molecule has 2 saturated carbocycles. The number of nitrogens with one attached hydrogen (secondary N) is 1. The van der Waals surface area contributed by atoms with Crippen molar-refractivity contribution in [3.05, 3.63) is 0 Å². The number of esters is 1. The number of methoxy groups -OCH3 is 1. The van der Waals surface area contributed by atoms with Gasteiger partial charge in [0, 0.05) is 6.04 Å². The topological polar surface area (TPSA) is 38.3 Å². The van der Waals surface area contributed by atoms with Gasteiger partial charge in [-0.3, -0.25) is 4.79 Å². The third-order valence-corrected chi connectivity index (χ3v) is 5.08. The van der Waals surface area contributed by atoms with E-state index in [1.165, 1.54) is 52.1 Å². The molecule has 19 heavy (non-hydrogen) atoms. The number of rotatable bonds is 4. The molecule has 0 saturated heterocycles. The first kappa shape index (κ1) is 14.8. The van der Waals surface area contributed by atoms with Crippen LogP contribution in [0.2, 0.25) is 0 Å². The van der Waals surface area contributed by atoms with Crippen molar-refractivity contribution in [2.45, 2.75) is 70.9 Å². The number of carbonyl (C=O) groups excluding carboxylic acids is 1. The maximum absolute atomic E-state index is 11.8. The van der Waals surface area contributed by atoms with E-state index >= 15 is 0 Å². The van der Waals surface area contributed by atoms with E-state index in [1.807, 2.05) is 0 Å². The monoisotopic (exact) mass is 267 g/mol. The van der Waals surface area contributed by atoms with Gasteiger partial charge in [-0.1, -0.05) is 39.5 Å². The number of hydrogen-bond acceptors (Lipinski definition) is 3. The molecule has 2 aliphatic carbocycles. The zero-order valence-corrected chi connectivity index (χ0v) is 12.7. The summed E-state index contributed by atoms with van der Waals surface area (Å²) in [5.41, 5.74) is 0. The molecule has 0 aromatic heterocycles. The summed E-state index contributed by atoms with van der Waals surface area (Å²) in [5.74, 6) is 2.03. The number of carbonyl (C=O) groups is 1. The molecule has 110 valence electrons. The molecule has 2 fully saturated rings. The fourth-order valence-electron chi connectivity index (χ4n) is 3.94. The normalized spacial score (nSPS) is 32.7. The second kappa shape index (κ2) is 6.74. The molecule has 4 atom stereocenters. The van der Waals surface area contributed by atoms with Crippen molar-refractivity contribution in [2.24, 2.45) is 17.8 Å². The predicted octanol–water partition coefficient (Wildman–Crippen LogP) is 3.13. The van der Waals surface area contributed by atoms with Gasteiger partial charge < -0.3 is 10.1 Å². The molecule has 0 radical (unpaired) electrons. The second-order valence-corrected chi connectivity index (χ2v) is 6.73. The Morgan fingerprint density at radius 2 is 1.79 bits per heavy atom. The smallest absolute Gasteiger partial charge is 0.323 e. The molecule has 0 amide bonds. The van der Waals surface area contributed by atoms with E-state index in [1.54, 1.807) is 0 Å². The Labute approximate surface area is 117 Å². The third-order valence-electron chi connectivity index (χ3n) is 5.08. The van der Waals surface area contributed by atoms with Crippen molar-refractivity contribution in [3.8, 4) is 0 Å². The summed E-state index contributed by atoms with van der Waals surface area (Å²) < 4.78 is 4.92. The van der Waals surface area contributed by atoms with Crippen LogP contribution in [0.5, 0.6) is 0 Å². The molecule has 4 unspecified atom stereocenters. The number of hydrogen-bond donors (Lipinski definition) is 1. The van der Waals surface area contributed by atoms with Gasteiger partial charge in [0.25, 0.3) is 0 Å². The Bertz CT molecular complexity index is 303. The number of ether oxygens (including phenoxy) is 1. The molecule has 1 N–H and O–H groups in total. The highest BCUT2D eigenvalue weighted by atomic mass is 16.5. The fourth-order valence-corrected chi connectivity index (χ4v) is 3.94. The molecular formula is C16H29NO2. The molecule has 0 heterocycles. The Hall–Kier alpha value is -0.570. The van der Waals surface area contributed by atoms with Gasteiger partial charge in [0.15, 0.2) is 0 Å². The average molecular weight is 267 g/mol. The maximum Gasteiger partial charge on any atom is 0.323 e. The van der Waals surface area contributed by atoms with Crippen molar-refractivity contribution >= 4 is 5.97 Å². The van der Waals surface area contributed by atoms with Crippen molar-refractivity contribution < 1.29 is 9.53 Å². The Morgan fingerprint density at radius 1 is 1.11 bits per heavy atom. The molecule has 3 nitrogen and oxygen atoms in total. The Balaban J connectivity index is 1.89. The Kier molecular flexibility index (Phi) is 5.26. The minimum absolute atomic E-state index is 0.110. The summed E-state index contributed by atoms with van der Waals surface area (Å²) in [4.78, 5) is 11.8. The first-order chi connectivity index (χ1) is 9.11. The predicted molar refractivity (Wildman–Crippen MR) is 76.9 cm³/mol. The van der Waals surface area contributed by atoms with E-state index in [-0.39, 0.29) is 17.9 Å². The lowest BCUT2D eigenvalue weighted by Crippen LogP contribution is -2.49.